The molecule has 140 valence electrons. The van der Waals surface area contributed by atoms with E-state index >= 15 is 0 Å². The smallest absolute Gasteiger partial charge is 0.366 e. The molecule has 0 atom stereocenters. The fraction of sp³-hybridized carbons (Fsp3) is 0.316. The minimum absolute atomic E-state index is 0.118. The zero-order chi connectivity index (χ0) is 19.3. The van der Waals surface area contributed by atoms with E-state index in [1.54, 1.807) is 24.5 Å². The van der Waals surface area contributed by atoms with Crippen LogP contribution in [0.2, 0.25) is 0 Å². The summed E-state index contributed by atoms with van der Waals surface area (Å²) in [5.74, 6) is 0. The zero-order valence-corrected chi connectivity index (χ0v) is 16.0. The van der Waals surface area contributed by atoms with Crippen molar-refractivity contribution in [3.8, 4) is 0 Å². The Kier molecular flexibility index (Phi) is 6.58. The van der Waals surface area contributed by atoms with Gasteiger partial charge in [0.2, 0.25) is 0 Å². The minimum Gasteiger partial charge on any atom is -0.366 e. The van der Waals surface area contributed by atoms with Gasteiger partial charge in [-0.3, -0.25) is 0 Å². The molecule has 0 aromatic heterocycles. The quantitative estimate of drug-likeness (QED) is 0.363. The number of hydrogen-bond donors (Lipinski definition) is 1. The van der Waals surface area contributed by atoms with E-state index in [1.807, 2.05) is 44.9 Å². The van der Waals surface area contributed by atoms with Crippen LogP contribution in [0.25, 0.3) is 0 Å². The molecule has 2 aromatic carbocycles. The highest BCUT2D eigenvalue weighted by Gasteiger charge is 2.30. The van der Waals surface area contributed by atoms with Gasteiger partial charge in [0, 0.05) is 24.2 Å². The van der Waals surface area contributed by atoms with Crippen molar-refractivity contribution in [2.24, 2.45) is 4.99 Å². The maximum atomic E-state index is 12.8. The first-order valence-electron chi connectivity index (χ1n) is 8.17. The third-order valence-electron chi connectivity index (χ3n) is 3.82. The van der Waals surface area contributed by atoms with Gasteiger partial charge in [0.15, 0.2) is 0 Å². The maximum absolute atomic E-state index is 12.8. The highest BCUT2D eigenvalue weighted by atomic mass is 32.2. The summed E-state index contributed by atoms with van der Waals surface area (Å²) in [5, 5.41) is 3.12. The van der Waals surface area contributed by atoms with Crippen LogP contribution >= 0.6 is 11.8 Å². The Balaban J connectivity index is 2.29. The molecule has 2 rings (SSSR count). The second-order valence-electron chi connectivity index (χ2n) is 5.94. The summed E-state index contributed by atoms with van der Waals surface area (Å²) < 4.78 is 38.3. The summed E-state index contributed by atoms with van der Waals surface area (Å²) in [4.78, 5) is 6.58. The van der Waals surface area contributed by atoms with Crippen LogP contribution in [0.15, 0.2) is 46.3 Å². The molecule has 26 heavy (non-hydrogen) atoms. The van der Waals surface area contributed by atoms with Crippen LogP contribution < -0.4 is 5.32 Å². The second kappa shape index (κ2) is 8.49. The average Bonchev–Trinajstić information content (AvgIpc) is 2.56. The summed E-state index contributed by atoms with van der Waals surface area (Å²) in [5.41, 5.74) is -0.438. The number of halogens is 3. The number of alkyl halides is 3. The van der Waals surface area contributed by atoms with Crippen molar-refractivity contribution in [3.05, 3.63) is 47.5 Å². The molecule has 0 heterocycles. The number of aliphatic imine (C=N–C) groups is 1. The Morgan fingerprint density at radius 2 is 1.81 bits per heavy atom. The summed E-state index contributed by atoms with van der Waals surface area (Å²) in [6, 6.07) is 10.2. The maximum Gasteiger partial charge on any atom is 0.446 e. The standard InChI is InChI=1S/C19H22F3N3S/c1-5-25(4)12-23-16-10-14(3)17(11-13(16)2)24-15-8-6-7-9-18(15)26-19(20,21)22/h6-12,24H,5H2,1-4H3. The lowest BCUT2D eigenvalue weighted by Gasteiger charge is -2.16. The van der Waals surface area contributed by atoms with E-state index in [4.69, 9.17) is 0 Å². The summed E-state index contributed by atoms with van der Waals surface area (Å²) in [7, 11) is 1.94. The second-order valence-corrected chi connectivity index (χ2v) is 7.05. The van der Waals surface area contributed by atoms with Gasteiger partial charge < -0.3 is 10.2 Å². The third kappa shape index (κ3) is 5.69. The first-order chi connectivity index (χ1) is 12.2. The van der Waals surface area contributed by atoms with Gasteiger partial charge in [-0.25, -0.2) is 4.99 Å². The molecule has 0 aliphatic rings. The van der Waals surface area contributed by atoms with E-state index in [-0.39, 0.29) is 16.7 Å². The molecule has 0 aliphatic heterocycles. The molecule has 0 fully saturated rings. The van der Waals surface area contributed by atoms with Crippen molar-refractivity contribution in [3.63, 3.8) is 0 Å². The fourth-order valence-electron chi connectivity index (χ4n) is 2.25. The number of aryl methyl sites for hydroxylation is 2. The van der Waals surface area contributed by atoms with E-state index in [0.29, 0.717) is 5.69 Å². The molecule has 0 radical (unpaired) electrons. The molecular weight excluding hydrogens is 359 g/mol. The lowest BCUT2D eigenvalue weighted by atomic mass is 10.1. The van der Waals surface area contributed by atoms with Gasteiger partial charge in [0.25, 0.3) is 0 Å². The first-order valence-corrected chi connectivity index (χ1v) is 8.98. The van der Waals surface area contributed by atoms with Crippen LogP contribution in [-0.2, 0) is 0 Å². The minimum atomic E-state index is -4.33. The van der Waals surface area contributed by atoms with E-state index in [1.165, 1.54) is 6.07 Å². The number of nitrogens with one attached hydrogen (secondary N) is 1. The van der Waals surface area contributed by atoms with Gasteiger partial charge in [0.1, 0.15) is 0 Å². The molecule has 0 saturated carbocycles. The monoisotopic (exact) mass is 381 g/mol. The number of anilines is 2. The Labute approximate surface area is 156 Å². The zero-order valence-electron chi connectivity index (χ0n) is 15.2. The van der Waals surface area contributed by atoms with E-state index < -0.39 is 5.51 Å². The molecule has 0 spiro atoms. The van der Waals surface area contributed by atoms with Crippen molar-refractivity contribution in [1.29, 1.82) is 0 Å². The van der Waals surface area contributed by atoms with Crippen molar-refractivity contribution >= 4 is 35.2 Å². The van der Waals surface area contributed by atoms with Gasteiger partial charge in [-0.1, -0.05) is 12.1 Å². The number of nitrogens with zero attached hydrogens (tertiary/aromatic N) is 2. The number of benzene rings is 2. The van der Waals surface area contributed by atoms with Gasteiger partial charge in [0.05, 0.1) is 17.7 Å². The molecule has 0 amide bonds. The van der Waals surface area contributed by atoms with Gasteiger partial charge in [-0.2, -0.15) is 13.2 Å². The van der Waals surface area contributed by atoms with Crippen LogP contribution in [-0.4, -0.2) is 30.3 Å². The van der Waals surface area contributed by atoms with Crippen LogP contribution in [0.5, 0.6) is 0 Å². The predicted molar refractivity (Wildman–Crippen MR) is 104 cm³/mol. The summed E-state index contributed by atoms with van der Waals surface area (Å²) in [6.07, 6.45) is 1.77. The lowest BCUT2D eigenvalue weighted by Crippen LogP contribution is -2.14. The molecule has 0 saturated heterocycles. The third-order valence-corrected chi connectivity index (χ3v) is 4.63. The SMILES string of the molecule is CCN(C)C=Nc1cc(C)c(Nc2ccccc2SC(F)(F)F)cc1C. The normalized spacial score (nSPS) is 11.8. The predicted octanol–water partition coefficient (Wildman–Crippen LogP) is 6.27. The highest BCUT2D eigenvalue weighted by Crippen LogP contribution is 2.41. The van der Waals surface area contributed by atoms with Crippen molar-refractivity contribution < 1.29 is 13.2 Å². The van der Waals surface area contributed by atoms with Crippen molar-refractivity contribution in [2.75, 3.05) is 18.9 Å². The van der Waals surface area contributed by atoms with E-state index in [2.05, 4.69) is 10.3 Å². The molecule has 7 heteroatoms. The Morgan fingerprint density at radius 3 is 2.46 bits per heavy atom. The Hall–Kier alpha value is -2.15. The van der Waals surface area contributed by atoms with Crippen molar-refractivity contribution in [2.45, 2.75) is 31.2 Å². The van der Waals surface area contributed by atoms with Gasteiger partial charge >= 0.3 is 5.51 Å². The Bertz CT molecular complexity index is 788. The van der Waals surface area contributed by atoms with E-state index in [0.717, 1.165) is 29.0 Å². The highest BCUT2D eigenvalue weighted by molar-refractivity contribution is 8.00. The molecule has 0 unspecified atom stereocenters. The van der Waals surface area contributed by atoms with Crippen LogP contribution in [0.4, 0.5) is 30.2 Å². The number of para-hydroxylation sites is 1. The molecule has 3 nitrogen and oxygen atoms in total. The van der Waals surface area contributed by atoms with Crippen LogP contribution in [0.3, 0.4) is 0 Å². The lowest BCUT2D eigenvalue weighted by molar-refractivity contribution is -0.0327. The fourth-order valence-corrected chi connectivity index (χ4v) is 2.87. The van der Waals surface area contributed by atoms with Crippen LogP contribution in [0.1, 0.15) is 18.1 Å². The van der Waals surface area contributed by atoms with E-state index in [9.17, 15) is 13.2 Å². The summed E-state index contributed by atoms with van der Waals surface area (Å²) >= 11 is -0.118. The largest absolute Gasteiger partial charge is 0.446 e. The Morgan fingerprint density at radius 1 is 1.12 bits per heavy atom. The molecule has 0 bridgehead atoms. The molecular formula is C19H22F3N3S. The molecule has 0 aliphatic carbocycles. The average molecular weight is 381 g/mol. The van der Waals surface area contributed by atoms with Crippen LogP contribution in [0, 0.1) is 13.8 Å². The molecule has 2 aromatic rings. The molecule has 1 N–H and O–H groups in total. The number of hydrogen-bond acceptors (Lipinski definition) is 3. The first kappa shape index (κ1) is 20.2. The van der Waals surface area contributed by atoms with Gasteiger partial charge in [-0.05, 0) is 67.9 Å². The number of rotatable bonds is 6. The topological polar surface area (TPSA) is 27.6 Å². The number of thioether (sulfide) groups is 1. The summed E-state index contributed by atoms with van der Waals surface area (Å²) in [6.45, 7) is 6.73. The van der Waals surface area contributed by atoms with Crippen molar-refractivity contribution in [1.82, 2.24) is 4.90 Å². The van der Waals surface area contributed by atoms with Gasteiger partial charge in [-0.15, -0.1) is 0 Å².